The lowest BCUT2D eigenvalue weighted by Crippen LogP contribution is -2.42. The molecule has 2 aromatic rings. The molecule has 7 atom stereocenters. The molecule has 0 fully saturated rings. The average Bonchev–Trinajstić information content (AvgIpc) is 3.86. The Labute approximate surface area is 335 Å². The van der Waals surface area contributed by atoms with E-state index in [1.807, 2.05) is 19.9 Å². The van der Waals surface area contributed by atoms with Crippen LogP contribution in [-0.2, 0) is 25.4 Å². The zero-order valence-corrected chi connectivity index (χ0v) is 34.1. The summed E-state index contributed by atoms with van der Waals surface area (Å²) >= 11 is 0. The summed E-state index contributed by atoms with van der Waals surface area (Å²) in [6, 6.07) is 0. The van der Waals surface area contributed by atoms with E-state index in [0.29, 0.717) is 6.42 Å². The third-order valence-corrected chi connectivity index (χ3v) is 9.69. The molecule has 310 valence electrons. The van der Waals surface area contributed by atoms with Crippen molar-refractivity contribution in [2.75, 3.05) is 14.2 Å². The van der Waals surface area contributed by atoms with Gasteiger partial charge in [-0.25, -0.2) is 19.6 Å². The number of hydrogen-bond acceptors (Lipinski definition) is 13. The minimum absolute atomic E-state index is 0.0389. The molecule has 0 spiro atoms. The lowest BCUT2D eigenvalue weighted by Gasteiger charge is -2.36. The Hall–Kier alpha value is -4.92. The molecule has 3 rings (SSSR count). The van der Waals surface area contributed by atoms with Crippen molar-refractivity contribution >= 4 is 18.0 Å². The highest BCUT2D eigenvalue weighted by Crippen LogP contribution is 2.33. The van der Waals surface area contributed by atoms with Crippen LogP contribution in [0.5, 0.6) is 0 Å². The quantitative estimate of drug-likeness (QED) is 0.186. The van der Waals surface area contributed by atoms with Crippen molar-refractivity contribution in [3.05, 3.63) is 127 Å². The molecule has 57 heavy (non-hydrogen) atoms. The monoisotopic (exact) mass is 790 g/mol. The molecule has 1 aliphatic rings. The number of methoxy groups -OCH3 is 2. The van der Waals surface area contributed by atoms with E-state index in [4.69, 9.17) is 27.8 Å². The van der Waals surface area contributed by atoms with E-state index in [2.05, 4.69) is 9.97 Å². The van der Waals surface area contributed by atoms with E-state index in [1.165, 1.54) is 31.8 Å². The number of fused-ring (bicyclic) bond motifs is 4. The maximum atomic E-state index is 13.4. The summed E-state index contributed by atoms with van der Waals surface area (Å²) in [6.45, 7) is 10.8. The van der Waals surface area contributed by atoms with Crippen molar-refractivity contribution in [2.24, 2.45) is 10.8 Å². The Morgan fingerprint density at radius 3 is 1.89 bits per heavy atom. The van der Waals surface area contributed by atoms with Crippen LogP contribution < -0.4 is 0 Å². The van der Waals surface area contributed by atoms with Gasteiger partial charge < -0.3 is 43.1 Å². The summed E-state index contributed by atoms with van der Waals surface area (Å²) < 4.78 is 34.0. The topological polar surface area (TPSA) is 184 Å². The van der Waals surface area contributed by atoms with E-state index in [9.17, 15) is 24.9 Å². The smallest absolute Gasteiger partial charge is 0.360 e. The number of nitrogens with zero attached hydrogens (tertiary/aromatic N) is 2. The number of aliphatic hydroxyl groups excluding tert-OH is 3. The fourth-order valence-electron chi connectivity index (χ4n) is 5.68. The number of ether oxygens (including phenoxy) is 4. The molecule has 3 N–H and O–H groups in total. The molecule has 0 saturated heterocycles. The second-order valence-corrected chi connectivity index (χ2v) is 14.6. The van der Waals surface area contributed by atoms with Crippen molar-refractivity contribution in [1.29, 1.82) is 0 Å². The molecular weight excluding hydrogens is 732 g/mol. The Morgan fingerprint density at radius 1 is 0.737 bits per heavy atom. The normalized spacial score (nSPS) is 27.2. The first-order valence-corrected chi connectivity index (χ1v) is 18.9. The second kappa shape index (κ2) is 22.7. The number of aliphatic hydroxyl groups is 3. The molecule has 0 aliphatic carbocycles. The number of carbonyl (C=O) groups is 2. The van der Waals surface area contributed by atoms with Crippen LogP contribution in [-0.4, -0.2) is 94.2 Å². The first kappa shape index (κ1) is 46.5. The second-order valence-electron chi connectivity index (χ2n) is 14.6. The molecule has 0 radical (unpaired) electrons. The van der Waals surface area contributed by atoms with Gasteiger partial charge in [0, 0.05) is 44.0 Å². The molecule has 0 unspecified atom stereocenters. The highest BCUT2D eigenvalue weighted by Gasteiger charge is 2.39. The zero-order chi connectivity index (χ0) is 42.0. The van der Waals surface area contributed by atoms with Gasteiger partial charge in [0.2, 0.25) is 5.89 Å². The molecule has 4 bridgehead atoms. The summed E-state index contributed by atoms with van der Waals surface area (Å²) in [7, 11) is 2.99. The van der Waals surface area contributed by atoms with E-state index in [1.54, 1.807) is 114 Å². The van der Waals surface area contributed by atoms with Crippen LogP contribution in [0.15, 0.2) is 113 Å². The number of allylic oxidation sites excluding steroid dienone is 8. The molecule has 0 amide bonds. The van der Waals surface area contributed by atoms with Crippen molar-refractivity contribution in [2.45, 2.75) is 104 Å². The molecule has 13 heteroatoms. The summed E-state index contributed by atoms with van der Waals surface area (Å²) in [6.07, 6.45) is 24.5. The maximum Gasteiger partial charge on any atom is 0.360 e. The predicted octanol–water partition coefficient (Wildman–Crippen LogP) is 6.86. The van der Waals surface area contributed by atoms with Crippen molar-refractivity contribution in [3.63, 3.8) is 0 Å². The molecule has 13 nitrogen and oxygen atoms in total. The number of hydrogen-bond donors (Lipinski definition) is 3. The molecule has 2 aromatic heterocycles. The van der Waals surface area contributed by atoms with E-state index in [-0.39, 0.29) is 36.0 Å². The van der Waals surface area contributed by atoms with Gasteiger partial charge in [0.05, 0.1) is 24.7 Å². The van der Waals surface area contributed by atoms with Crippen LogP contribution in [0.3, 0.4) is 0 Å². The van der Waals surface area contributed by atoms with Crippen LogP contribution in [0.1, 0.15) is 87.1 Å². The fraction of sp³-hybridized carbons (Fsp3) is 0.455. The van der Waals surface area contributed by atoms with Gasteiger partial charge in [0.15, 0.2) is 17.3 Å². The van der Waals surface area contributed by atoms with Crippen molar-refractivity contribution < 1.29 is 52.7 Å². The standard InChI is InChI=1S/C44H58N2O11/c1-9-19-35(48)43(3,4)37-24-15-13-11-12-14-21-30(52-7)27-40-46-32(29-55-40)42(51)57-38(44(5,6)36(49)20-10-2)25-18-22-33(47)34(53-8)23-16-17-26-39-45-31(28-54-39)41(50)56-37/h9-23,26,28-30,33-38,47-49H,24-25,27H2,1-8H3/b12-11+,15-13+,19-9+,20-10+,21-14+,22-18+,23-16+,26-17+/t30-,33-,34+,35+,36+,37-,38-/m1/s1. The first-order chi connectivity index (χ1) is 27.2. The highest BCUT2D eigenvalue weighted by atomic mass is 16.6. The molecule has 0 aromatic carbocycles. The van der Waals surface area contributed by atoms with E-state index < -0.39 is 65.5 Å². The van der Waals surface area contributed by atoms with Gasteiger partial charge in [-0.15, -0.1) is 0 Å². The highest BCUT2D eigenvalue weighted by molar-refractivity contribution is 5.87. The number of aromatic nitrogens is 2. The zero-order valence-electron chi connectivity index (χ0n) is 34.1. The number of esters is 2. The van der Waals surface area contributed by atoms with Crippen LogP contribution >= 0.6 is 0 Å². The van der Waals surface area contributed by atoms with Crippen LogP contribution in [0.2, 0.25) is 0 Å². The van der Waals surface area contributed by atoms with Gasteiger partial charge >= 0.3 is 11.9 Å². The number of carbonyl (C=O) groups excluding carboxylic acids is 2. The SMILES string of the molecule is C/C=C/[C@H](O)C(C)(C)[C@H]1C/C=C/C=C/C=C/[C@@H](OC)Cc2nc(co2)C(=O)O[C@@H](C(C)(C)[C@@H](O)/C=C/C)C/C=C/[C@@H](O)[C@@H](OC)/C=C/C=C/c2nc(co2)C(=O)O1. The van der Waals surface area contributed by atoms with E-state index in [0.717, 1.165) is 0 Å². The molecule has 0 saturated carbocycles. The molecule has 3 heterocycles. The summed E-state index contributed by atoms with van der Waals surface area (Å²) in [4.78, 5) is 35.2. The summed E-state index contributed by atoms with van der Waals surface area (Å²) in [5.41, 5.74) is -1.88. The van der Waals surface area contributed by atoms with Crippen LogP contribution in [0.4, 0.5) is 0 Å². The van der Waals surface area contributed by atoms with Gasteiger partial charge in [0.1, 0.15) is 36.9 Å². The Balaban J connectivity index is 1.96. The third kappa shape index (κ3) is 13.9. The summed E-state index contributed by atoms with van der Waals surface area (Å²) in [5.74, 6) is -1.04. The average molecular weight is 791 g/mol. The lowest BCUT2D eigenvalue weighted by atomic mass is 9.79. The fourth-order valence-corrected chi connectivity index (χ4v) is 5.68. The van der Waals surface area contributed by atoms with Crippen LogP contribution in [0.25, 0.3) is 6.08 Å². The number of cyclic esters (lactones) is 2. The maximum absolute atomic E-state index is 13.4. The van der Waals surface area contributed by atoms with Gasteiger partial charge in [-0.2, -0.15) is 0 Å². The Morgan fingerprint density at radius 2 is 1.30 bits per heavy atom. The van der Waals surface area contributed by atoms with Gasteiger partial charge in [0.25, 0.3) is 0 Å². The van der Waals surface area contributed by atoms with Gasteiger partial charge in [-0.3, -0.25) is 0 Å². The molecular formula is C44H58N2O11. The third-order valence-electron chi connectivity index (χ3n) is 9.69. The van der Waals surface area contributed by atoms with Crippen LogP contribution in [0, 0.1) is 10.8 Å². The number of oxazole rings is 2. The Kier molecular flexibility index (Phi) is 18.5. The summed E-state index contributed by atoms with van der Waals surface area (Å²) in [5, 5.41) is 32.8. The molecule has 1 aliphatic heterocycles. The largest absolute Gasteiger partial charge is 0.457 e. The lowest BCUT2D eigenvalue weighted by molar-refractivity contribution is -0.0462. The minimum atomic E-state index is -1.09. The van der Waals surface area contributed by atoms with E-state index >= 15 is 0 Å². The van der Waals surface area contributed by atoms with Gasteiger partial charge in [-0.1, -0.05) is 119 Å². The first-order valence-electron chi connectivity index (χ1n) is 18.9. The van der Waals surface area contributed by atoms with Gasteiger partial charge in [-0.05, 0) is 13.8 Å². The van der Waals surface area contributed by atoms with Crippen molar-refractivity contribution in [3.8, 4) is 0 Å². The predicted molar refractivity (Wildman–Crippen MR) is 216 cm³/mol. The minimum Gasteiger partial charge on any atom is -0.457 e. The Bertz CT molecular complexity index is 1810. The number of rotatable bonds is 8. The van der Waals surface area contributed by atoms with Crippen molar-refractivity contribution in [1.82, 2.24) is 9.97 Å².